The molecule has 0 unspecified atom stereocenters. The van der Waals surface area contributed by atoms with Crippen molar-refractivity contribution in [1.82, 2.24) is 9.88 Å². The van der Waals surface area contributed by atoms with Gasteiger partial charge in [0.2, 0.25) is 5.91 Å². The van der Waals surface area contributed by atoms with Crippen molar-refractivity contribution < 1.29 is 9.18 Å². The van der Waals surface area contributed by atoms with Crippen LogP contribution in [0.5, 0.6) is 0 Å². The monoisotopic (exact) mass is 288 g/mol. The second kappa shape index (κ2) is 5.31. The zero-order valence-corrected chi connectivity index (χ0v) is 11.9. The van der Waals surface area contributed by atoms with Gasteiger partial charge < -0.3 is 9.88 Å². The molecule has 4 nitrogen and oxygen atoms in total. The van der Waals surface area contributed by atoms with Crippen molar-refractivity contribution in [2.45, 2.75) is 32.7 Å². The molecule has 3 rings (SSSR count). The lowest BCUT2D eigenvalue weighted by Crippen LogP contribution is -2.37. The molecule has 0 spiro atoms. The Morgan fingerprint density at radius 3 is 2.95 bits per heavy atom. The van der Waals surface area contributed by atoms with Crippen molar-refractivity contribution in [3.63, 3.8) is 0 Å². The van der Waals surface area contributed by atoms with Crippen LogP contribution in [0.4, 0.5) is 4.39 Å². The van der Waals surface area contributed by atoms with Crippen LogP contribution in [0.2, 0.25) is 0 Å². The fraction of sp³-hybridized carbons (Fsp3) is 0.375. The van der Waals surface area contributed by atoms with Crippen molar-refractivity contribution >= 4 is 16.7 Å². The highest BCUT2D eigenvalue weighted by molar-refractivity contribution is 5.86. The van der Waals surface area contributed by atoms with Gasteiger partial charge in [0.25, 0.3) is 5.56 Å². The predicted octanol–water partition coefficient (Wildman–Crippen LogP) is 2.35. The third kappa shape index (κ3) is 2.44. The van der Waals surface area contributed by atoms with E-state index in [2.05, 4.69) is 4.98 Å². The van der Waals surface area contributed by atoms with E-state index in [9.17, 15) is 14.0 Å². The van der Waals surface area contributed by atoms with E-state index in [0.29, 0.717) is 31.3 Å². The number of carbonyl (C=O) groups is 1. The lowest BCUT2D eigenvalue weighted by molar-refractivity contribution is -0.132. The summed E-state index contributed by atoms with van der Waals surface area (Å²) in [5.41, 5.74) is 1.52. The predicted molar refractivity (Wildman–Crippen MR) is 78.6 cm³/mol. The number of nitrogens with zero attached hydrogens (tertiary/aromatic N) is 1. The molecule has 0 bridgehead atoms. The maximum Gasteiger partial charge on any atom is 0.256 e. The quantitative estimate of drug-likeness (QED) is 0.922. The average Bonchev–Trinajstić information content (AvgIpc) is 2.47. The van der Waals surface area contributed by atoms with Crippen LogP contribution in [0.25, 0.3) is 10.8 Å². The number of hydrogen-bond donors (Lipinski definition) is 1. The Labute approximate surface area is 121 Å². The van der Waals surface area contributed by atoms with Gasteiger partial charge in [0, 0.05) is 31.6 Å². The van der Waals surface area contributed by atoms with Crippen LogP contribution in [-0.4, -0.2) is 22.3 Å². The summed E-state index contributed by atoms with van der Waals surface area (Å²) in [6, 6.07) is 4.24. The van der Waals surface area contributed by atoms with Crippen LogP contribution in [0.3, 0.4) is 0 Å². The number of H-pyrrole nitrogens is 1. The summed E-state index contributed by atoms with van der Waals surface area (Å²) in [6.07, 6.45) is 1.98. The lowest BCUT2D eigenvalue weighted by Gasteiger charge is -2.29. The summed E-state index contributed by atoms with van der Waals surface area (Å²) >= 11 is 0. The Kier molecular flexibility index (Phi) is 3.49. The Morgan fingerprint density at radius 1 is 1.38 bits per heavy atom. The maximum absolute atomic E-state index is 13.3. The highest BCUT2D eigenvalue weighted by atomic mass is 19.1. The normalized spacial score (nSPS) is 14.3. The number of halogens is 1. The Hall–Kier alpha value is -2.17. The van der Waals surface area contributed by atoms with Gasteiger partial charge in [-0.2, -0.15) is 0 Å². The number of aromatic amines is 1. The zero-order chi connectivity index (χ0) is 15.0. The van der Waals surface area contributed by atoms with Crippen LogP contribution in [0, 0.1) is 5.82 Å². The minimum Gasteiger partial charge on any atom is -0.338 e. The smallest absolute Gasteiger partial charge is 0.256 e. The summed E-state index contributed by atoms with van der Waals surface area (Å²) in [4.78, 5) is 28.7. The number of amides is 1. The fourth-order valence-electron chi connectivity index (χ4n) is 2.91. The molecule has 0 fully saturated rings. The molecule has 0 radical (unpaired) electrons. The van der Waals surface area contributed by atoms with E-state index in [0.717, 1.165) is 23.1 Å². The molecule has 2 heterocycles. The van der Waals surface area contributed by atoms with E-state index in [-0.39, 0.29) is 11.5 Å². The van der Waals surface area contributed by atoms with Crippen molar-refractivity contribution in [2.24, 2.45) is 0 Å². The van der Waals surface area contributed by atoms with E-state index in [1.807, 2.05) is 11.8 Å². The van der Waals surface area contributed by atoms with E-state index in [4.69, 9.17) is 0 Å². The minimum atomic E-state index is -0.428. The van der Waals surface area contributed by atoms with Gasteiger partial charge in [-0.3, -0.25) is 9.59 Å². The van der Waals surface area contributed by atoms with Gasteiger partial charge >= 0.3 is 0 Å². The zero-order valence-electron chi connectivity index (χ0n) is 11.9. The highest BCUT2D eigenvalue weighted by Gasteiger charge is 2.23. The number of hydrogen-bond acceptors (Lipinski definition) is 2. The third-order valence-electron chi connectivity index (χ3n) is 3.98. The Balaban J connectivity index is 2.08. The maximum atomic E-state index is 13.3. The first-order chi connectivity index (χ1) is 10.1. The minimum absolute atomic E-state index is 0.129. The molecule has 0 saturated carbocycles. The van der Waals surface area contributed by atoms with Gasteiger partial charge in [-0.1, -0.05) is 13.0 Å². The van der Waals surface area contributed by atoms with Crippen molar-refractivity contribution in [1.29, 1.82) is 0 Å². The summed E-state index contributed by atoms with van der Waals surface area (Å²) < 4.78 is 13.3. The second-order valence-corrected chi connectivity index (χ2v) is 5.42. The standard InChI is InChI=1S/C16H17FN2O2/c1-2-3-15(20)19-7-6-14-13(9-19)11-5-4-10(17)8-12(11)16(21)18-14/h4-5,8H,2-3,6-7,9H2,1H3,(H,18,21). The van der Waals surface area contributed by atoms with Gasteiger partial charge in [-0.15, -0.1) is 0 Å². The van der Waals surface area contributed by atoms with Crippen molar-refractivity contribution in [3.8, 4) is 0 Å². The fourth-order valence-corrected chi connectivity index (χ4v) is 2.91. The largest absolute Gasteiger partial charge is 0.338 e. The first kappa shape index (κ1) is 13.8. The molecule has 0 saturated heterocycles. The molecular weight excluding hydrogens is 271 g/mol. The van der Waals surface area contributed by atoms with Crippen LogP contribution < -0.4 is 5.56 Å². The summed E-state index contributed by atoms with van der Waals surface area (Å²) in [6.45, 7) is 3.08. The van der Waals surface area contributed by atoms with Crippen LogP contribution in [-0.2, 0) is 17.8 Å². The molecule has 21 heavy (non-hydrogen) atoms. The Bertz CT molecular complexity index is 767. The molecule has 1 aromatic heterocycles. The second-order valence-electron chi connectivity index (χ2n) is 5.42. The molecule has 1 aliphatic rings. The molecule has 2 aromatic rings. The van der Waals surface area contributed by atoms with Crippen molar-refractivity contribution in [3.05, 3.63) is 45.6 Å². The molecule has 1 N–H and O–H groups in total. The van der Waals surface area contributed by atoms with Gasteiger partial charge in [0.1, 0.15) is 5.82 Å². The number of carbonyl (C=O) groups excluding carboxylic acids is 1. The number of pyridine rings is 1. The third-order valence-corrected chi connectivity index (χ3v) is 3.98. The number of nitrogens with one attached hydrogen (secondary N) is 1. The number of benzene rings is 1. The van der Waals surface area contributed by atoms with E-state index in [1.165, 1.54) is 12.1 Å². The summed E-state index contributed by atoms with van der Waals surface area (Å²) in [7, 11) is 0. The SMILES string of the molecule is CCCC(=O)N1CCc2[nH]c(=O)c3cc(F)ccc3c2C1. The summed E-state index contributed by atoms with van der Waals surface area (Å²) in [5, 5.41) is 1.09. The van der Waals surface area contributed by atoms with E-state index >= 15 is 0 Å². The lowest BCUT2D eigenvalue weighted by atomic mass is 9.98. The van der Waals surface area contributed by atoms with Gasteiger partial charge in [0.15, 0.2) is 0 Å². The highest BCUT2D eigenvalue weighted by Crippen LogP contribution is 2.25. The molecule has 1 amide bonds. The molecule has 110 valence electrons. The molecule has 5 heteroatoms. The van der Waals surface area contributed by atoms with Gasteiger partial charge in [-0.05, 0) is 29.5 Å². The average molecular weight is 288 g/mol. The molecule has 1 aliphatic heterocycles. The van der Waals surface area contributed by atoms with Crippen LogP contribution in [0.1, 0.15) is 31.0 Å². The Morgan fingerprint density at radius 2 is 2.19 bits per heavy atom. The van der Waals surface area contributed by atoms with Gasteiger partial charge in [-0.25, -0.2) is 4.39 Å². The van der Waals surface area contributed by atoms with Gasteiger partial charge in [0.05, 0.1) is 5.39 Å². The number of aromatic nitrogens is 1. The number of rotatable bonds is 2. The molecule has 0 atom stereocenters. The molecular formula is C16H17FN2O2. The van der Waals surface area contributed by atoms with Crippen LogP contribution in [0.15, 0.2) is 23.0 Å². The van der Waals surface area contributed by atoms with E-state index in [1.54, 1.807) is 6.07 Å². The first-order valence-corrected chi connectivity index (χ1v) is 7.21. The van der Waals surface area contributed by atoms with E-state index < -0.39 is 5.82 Å². The molecule has 0 aliphatic carbocycles. The van der Waals surface area contributed by atoms with Crippen molar-refractivity contribution in [2.75, 3.05) is 6.54 Å². The topological polar surface area (TPSA) is 53.2 Å². The number of fused-ring (bicyclic) bond motifs is 3. The first-order valence-electron chi connectivity index (χ1n) is 7.21. The summed E-state index contributed by atoms with van der Waals surface area (Å²) in [5.74, 6) is -0.299. The van der Waals surface area contributed by atoms with Crippen LogP contribution >= 0.6 is 0 Å². The molecule has 1 aromatic carbocycles.